The van der Waals surface area contributed by atoms with Crippen molar-refractivity contribution in [2.75, 3.05) is 31.6 Å². The van der Waals surface area contributed by atoms with Crippen LogP contribution in [-0.4, -0.2) is 56.1 Å². The molecule has 0 aliphatic carbocycles. The van der Waals surface area contributed by atoms with Crippen molar-refractivity contribution in [2.24, 2.45) is 15.0 Å². The Labute approximate surface area is 161 Å². The van der Waals surface area contributed by atoms with E-state index in [2.05, 4.69) is 56.1 Å². The van der Waals surface area contributed by atoms with E-state index in [9.17, 15) is 4.79 Å². The van der Waals surface area contributed by atoms with Crippen molar-refractivity contribution in [3.8, 4) is 0 Å². The van der Waals surface area contributed by atoms with Crippen LogP contribution in [0.1, 0.15) is 32.3 Å². The van der Waals surface area contributed by atoms with Gasteiger partial charge >= 0.3 is 0 Å². The van der Waals surface area contributed by atoms with E-state index in [1.165, 1.54) is 17.6 Å². The Morgan fingerprint density at radius 2 is 1.96 bits per heavy atom. The van der Waals surface area contributed by atoms with Gasteiger partial charge in [-0.15, -0.1) is 0 Å². The first-order valence-electron chi connectivity index (χ1n) is 9.35. The zero-order valence-electron chi connectivity index (χ0n) is 16.3. The van der Waals surface area contributed by atoms with Crippen molar-refractivity contribution < 1.29 is 4.79 Å². The maximum atomic E-state index is 10.9. The third-order valence-corrected chi connectivity index (χ3v) is 5.41. The molecule has 0 amide bonds. The second kappa shape index (κ2) is 8.39. The second-order valence-electron chi connectivity index (χ2n) is 7.21. The summed E-state index contributed by atoms with van der Waals surface area (Å²) in [5, 5.41) is 0. The first-order chi connectivity index (χ1) is 13.1. The van der Waals surface area contributed by atoms with E-state index in [0.29, 0.717) is 11.5 Å². The summed E-state index contributed by atoms with van der Waals surface area (Å²) in [4.78, 5) is 28.4. The Balaban J connectivity index is 2.01. The number of carbonyl (C=O) groups is 1. The predicted octanol–water partition coefficient (Wildman–Crippen LogP) is 3.05. The molecule has 0 aromatic heterocycles. The van der Waals surface area contributed by atoms with Gasteiger partial charge in [0.05, 0.1) is 11.9 Å². The number of anilines is 1. The second-order valence-corrected chi connectivity index (χ2v) is 7.21. The number of carbonyl (C=O) groups excluding carboxylic acids is 1. The Morgan fingerprint density at radius 1 is 1.22 bits per heavy atom. The van der Waals surface area contributed by atoms with Crippen molar-refractivity contribution in [3.63, 3.8) is 0 Å². The quantitative estimate of drug-likeness (QED) is 0.458. The normalized spacial score (nSPS) is 20.8. The highest BCUT2D eigenvalue weighted by Gasteiger charge is 2.44. The SMILES string of the molecule is CC=NC=N/C(=C/N=C(C)C=O)N1CC2(CCN(C)CC2)c2ccccc21. The summed E-state index contributed by atoms with van der Waals surface area (Å²) >= 11 is 0. The summed E-state index contributed by atoms with van der Waals surface area (Å²) in [6.45, 7) is 6.59. The minimum absolute atomic E-state index is 0.134. The summed E-state index contributed by atoms with van der Waals surface area (Å²) in [7, 11) is 2.18. The summed E-state index contributed by atoms with van der Waals surface area (Å²) in [6, 6.07) is 8.56. The van der Waals surface area contributed by atoms with Crippen LogP contribution >= 0.6 is 0 Å². The largest absolute Gasteiger partial charge is 0.324 e. The number of likely N-dealkylation sites (tertiary alicyclic amines) is 1. The highest BCUT2D eigenvalue weighted by molar-refractivity contribution is 6.27. The molecule has 142 valence electrons. The molecule has 0 radical (unpaired) electrons. The Hall–Kier alpha value is -2.60. The fourth-order valence-electron chi connectivity index (χ4n) is 3.83. The lowest BCUT2D eigenvalue weighted by molar-refractivity contribution is -0.102. The van der Waals surface area contributed by atoms with Gasteiger partial charge in [0, 0.05) is 23.9 Å². The number of rotatable bonds is 5. The van der Waals surface area contributed by atoms with Gasteiger partial charge in [0.25, 0.3) is 0 Å². The van der Waals surface area contributed by atoms with Gasteiger partial charge in [0.2, 0.25) is 0 Å². The number of piperidine rings is 1. The number of para-hydroxylation sites is 1. The van der Waals surface area contributed by atoms with Gasteiger partial charge in [0.15, 0.2) is 12.1 Å². The van der Waals surface area contributed by atoms with Crippen molar-refractivity contribution >= 4 is 30.2 Å². The third-order valence-electron chi connectivity index (χ3n) is 5.41. The van der Waals surface area contributed by atoms with E-state index >= 15 is 0 Å². The van der Waals surface area contributed by atoms with E-state index in [1.54, 1.807) is 19.3 Å². The molecule has 0 unspecified atom stereocenters. The van der Waals surface area contributed by atoms with Crippen LogP contribution in [0.25, 0.3) is 0 Å². The zero-order chi connectivity index (χ0) is 19.3. The molecular weight excluding hydrogens is 338 g/mol. The lowest BCUT2D eigenvalue weighted by Crippen LogP contribution is -2.43. The fraction of sp³-hybridized carbons (Fsp3) is 0.429. The minimum Gasteiger partial charge on any atom is -0.324 e. The number of fused-ring (bicyclic) bond motifs is 2. The molecule has 2 aliphatic rings. The highest BCUT2D eigenvalue weighted by Crippen LogP contribution is 2.48. The van der Waals surface area contributed by atoms with Gasteiger partial charge in [-0.2, -0.15) is 0 Å². The molecule has 0 saturated carbocycles. The van der Waals surface area contributed by atoms with E-state index in [0.717, 1.165) is 38.8 Å². The number of hydrogen-bond donors (Lipinski definition) is 0. The lowest BCUT2D eigenvalue weighted by Gasteiger charge is -2.38. The summed E-state index contributed by atoms with van der Waals surface area (Å²) in [5.41, 5.74) is 3.11. The maximum Gasteiger partial charge on any atom is 0.163 e. The molecule has 27 heavy (non-hydrogen) atoms. The van der Waals surface area contributed by atoms with Gasteiger partial charge in [0.1, 0.15) is 6.34 Å². The molecule has 2 heterocycles. The molecule has 1 spiro atoms. The van der Waals surface area contributed by atoms with Crippen molar-refractivity contribution in [2.45, 2.75) is 32.1 Å². The van der Waals surface area contributed by atoms with E-state index < -0.39 is 0 Å². The topological polar surface area (TPSA) is 60.6 Å². The Kier molecular flexibility index (Phi) is 5.96. The van der Waals surface area contributed by atoms with Crippen LogP contribution in [-0.2, 0) is 10.2 Å². The third kappa shape index (κ3) is 4.06. The first kappa shape index (κ1) is 19.2. The average Bonchev–Trinajstić information content (AvgIpc) is 3.01. The molecule has 0 N–H and O–H groups in total. The van der Waals surface area contributed by atoms with Gasteiger partial charge in [-0.3, -0.25) is 9.79 Å². The smallest absolute Gasteiger partial charge is 0.163 e. The standard InChI is InChI=1S/C21H27N5O/c1-4-22-16-24-20(13-23-17(2)14-27)26-15-21(9-11-25(3)12-10-21)18-7-5-6-8-19(18)26/h4-8,13-14,16H,9-12,15H2,1-3H3/b20-13-,22-4?,23-17?,24-16?. The van der Waals surface area contributed by atoms with Gasteiger partial charge in [-0.1, -0.05) is 18.2 Å². The summed E-state index contributed by atoms with van der Waals surface area (Å²) in [5.74, 6) is 0.699. The maximum absolute atomic E-state index is 10.9. The first-order valence-corrected chi connectivity index (χ1v) is 9.35. The van der Waals surface area contributed by atoms with Gasteiger partial charge in [-0.25, -0.2) is 9.98 Å². The van der Waals surface area contributed by atoms with Crippen LogP contribution in [0.15, 0.2) is 51.3 Å². The van der Waals surface area contributed by atoms with Crippen molar-refractivity contribution in [1.82, 2.24) is 4.90 Å². The molecule has 1 fully saturated rings. The van der Waals surface area contributed by atoms with E-state index in [-0.39, 0.29) is 5.41 Å². The highest BCUT2D eigenvalue weighted by atomic mass is 16.1. The minimum atomic E-state index is 0.134. The number of benzene rings is 1. The summed E-state index contributed by atoms with van der Waals surface area (Å²) in [6.07, 6.45) is 7.88. The van der Waals surface area contributed by atoms with Crippen LogP contribution in [0.3, 0.4) is 0 Å². The number of nitrogens with zero attached hydrogens (tertiary/aromatic N) is 5. The van der Waals surface area contributed by atoms with Crippen LogP contribution in [0, 0.1) is 0 Å². The van der Waals surface area contributed by atoms with Crippen LogP contribution < -0.4 is 4.90 Å². The lowest BCUT2D eigenvalue weighted by atomic mass is 9.74. The van der Waals surface area contributed by atoms with Crippen LogP contribution in [0.4, 0.5) is 5.69 Å². The van der Waals surface area contributed by atoms with Crippen LogP contribution in [0.5, 0.6) is 0 Å². The Bertz CT molecular complexity index is 801. The monoisotopic (exact) mass is 365 g/mol. The Morgan fingerprint density at radius 3 is 2.67 bits per heavy atom. The van der Waals surface area contributed by atoms with E-state index in [4.69, 9.17) is 0 Å². The van der Waals surface area contributed by atoms with E-state index in [1.807, 2.05) is 6.92 Å². The predicted molar refractivity (Wildman–Crippen MR) is 112 cm³/mol. The molecule has 6 heteroatoms. The number of hydrogen-bond acceptors (Lipinski definition) is 5. The van der Waals surface area contributed by atoms with Crippen molar-refractivity contribution in [3.05, 3.63) is 41.8 Å². The number of aliphatic imine (C=N–C) groups is 3. The molecule has 2 aliphatic heterocycles. The number of aldehydes is 1. The summed E-state index contributed by atoms with van der Waals surface area (Å²) < 4.78 is 0. The molecule has 0 bridgehead atoms. The van der Waals surface area contributed by atoms with Crippen LogP contribution in [0.2, 0.25) is 0 Å². The molecule has 1 aromatic carbocycles. The molecule has 3 rings (SSSR count). The molecule has 1 aromatic rings. The van der Waals surface area contributed by atoms with Gasteiger partial charge in [-0.05, 0) is 58.5 Å². The fourth-order valence-corrected chi connectivity index (χ4v) is 3.83. The molecule has 0 atom stereocenters. The van der Waals surface area contributed by atoms with Gasteiger partial charge < -0.3 is 9.80 Å². The molecule has 1 saturated heterocycles. The molecule has 6 nitrogen and oxygen atoms in total. The molecular formula is C21H27N5O. The zero-order valence-corrected chi connectivity index (χ0v) is 16.3. The average molecular weight is 365 g/mol. The van der Waals surface area contributed by atoms with Crippen molar-refractivity contribution in [1.29, 1.82) is 0 Å².